The number of Topliss-reactive ketones (excluding diaryl/α,β-unsaturated/α-hetero) is 1. The van der Waals surface area contributed by atoms with Crippen LogP contribution < -0.4 is 5.63 Å². The average Bonchev–Trinajstić information content (AvgIpc) is 2.97. The van der Waals surface area contributed by atoms with E-state index in [0.29, 0.717) is 16.5 Å². The van der Waals surface area contributed by atoms with Crippen LogP contribution in [0.25, 0.3) is 11.0 Å². The van der Waals surface area contributed by atoms with Crippen LogP contribution in [-0.4, -0.2) is 21.5 Å². The third kappa shape index (κ3) is 3.63. The smallest absolute Gasteiger partial charge is 0.343 e. The lowest BCUT2D eigenvalue weighted by atomic mass is 9.84. The zero-order valence-corrected chi connectivity index (χ0v) is 18.8. The molecule has 32 heavy (non-hydrogen) atoms. The molecule has 0 spiro atoms. The van der Waals surface area contributed by atoms with Crippen LogP contribution in [-0.2, 0) is 15.5 Å². The van der Waals surface area contributed by atoms with Gasteiger partial charge in [0.2, 0.25) is 0 Å². The number of rotatable bonds is 5. The SMILES string of the molecule is CC(=O)CC(c1ccc(C2(C)CCC(C)(C)N2[O])cc1)c1c(O)c2ccccc2oc1=O. The van der Waals surface area contributed by atoms with E-state index in [9.17, 15) is 19.9 Å². The van der Waals surface area contributed by atoms with Gasteiger partial charge in [0.1, 0.15) is 17.1 Å². The standard InChI is InChI=1S/C26H28NO5/c1-16(28)15-20(22-23(29)19-7-5-6-8-21(19)32-24(22)30)17-9-11-18(12-10-17)26(4)14-13-25(2,3)27(26)31/h5-12,20,29H,13-15H2,1-4H3. The summed E-state index contributed by atoms with van der Waals surface area (Å²) in [5, 5.41) is 25.4. The number of ketones is 1. The fourth-order valence-electron chi connectivity index (χ4n) is 4.89. The molecule has 0 saturated carbocycles. The van der Waals surface area contributed by atoms with E-state index >= 15 is 0 Å². The Hall–Kier alpha value is -2.96. The van der Waals surface area contributed by atoms with Gasteiger partial charge in [-0.15, -0.1) is 10.3 Å². The van der Waals surface area contributed by atoms with Gasteiger partial charge in [0.15, 0.2) is 0 Å². The maximum Gasteiger partial charge on any atom is 0.343 e. The molecule has 2 heterocycles. The van der Waals surface area contributed by atoms with Crippen LogP contribution in [0.5, 0.6) is 5.75 Å². The van der Waals surface area contributed by atoms with Gasteiger partial charge < -0.3 is 9.52 Å². The van der Waals surface area contributed by atoms with E-state index in [1.165, 1.54) is 12.0 Å². The first-order chi connectivity index (χ1) is 15.0. The van der Waals surface area contributed by atoms with E-state index < -0.39 is 22.6 Å². The highest BCUT2D eigenvalue weighted by molar-refractivity contribution is 5.85. The number of nitrogens with zero attached hydrogens (tertiary/aromatic N) is 1. The molecule has 3 aromatic rings. The van der Waals surface area contributed by atoms with E-state index in [0.717, 1.165) is 18.4 Å². The zero-order chi connectivity index (χ0) is 23.3. The summed E-state index contributed by atoms with van der Waals surface area (Å²) in [5.74, 6) is -0.928. The second-order valence-corrected chi connectivity index (χ2v) is 9.61. The van der Waals surface area contributed by atoms with Gasteiger partial charge >= 0.3 is 5.63 Å². The third-order valence-corrected chi connectivity index (χ3v) is 6.82. The summed E-state index contributed by atoms with van der Waals surface area (Å²) in [6.07, 6.45) is 1.59. The first-order valence-electron chi connectivity index (χ1n) is 10.9. The van der Waals surface area contributed by atoms with Gasteiger partial charge in [-0.2, -0.15) is 0 Å². The number of hydrogen-bond acceptors (Lipinski definition) is 5. The van der Waals surface area contributed by atoms with Crippen LogP contribution in [0.4, 0.5) is 0 Å². The molecule has 1 aliphatic rings. The number of fused-ring (bicyclic) bond motifs is 1. The van der Waals surface area contributed by atoms with Crippen molar-refractivity contribution in [2.45, 2.75) is 64.0 Å². The molecule has 0 bridgehead atoms. The molecule has 2 atom stereocenters. The summed E-state index contributed by atoms with van der Waals surface area (Å²) < 4.78 is 5.44. The van der Waals surface area contributed by atoms with E-state index in [1.807, 2.05) is 45.0 Å². The van der Waals surface area contributed by atoms with Crippen molar-refractivity contribution < 1.29 is 19.5 Å². The summed E-state index contributed by atoms with van der Waals surface area (Å²) >= 11 is 0. The second-order valence-electron chi connectivity index (χ2n) is 9.61. The molecule has 2 unspecified atom stereocenters. The van der Waals surface area contributed by atoms with Crippen LogP contribution in [0.3, 0.4) is 0 Å². The number of carbonyl (C=O) groups excluding carboxylic acids is 1. The van der Waals surface area contributed by atoms with Gasteiger partial charge in [0, 0.05) is 17.9 Å². The molecule has 1 radical (unpaired) electrons. The predicted molar refractivity (Wildman–Crippen MR) is 121 cm³/mol. The topological polar surface area (TPSA) is 90.7 Å². The minimum absolute atomic E-state index is 0.0496. The molecule has 1 fully saturated rings. The lowest BCUT2D eigenvalue weighted by molar-refractivity contribution is -0.252. The van der Waals surface area contributed by atoms with E-state index in [4.69, 9.17) is 4.42 Å². The number of aromatic hydroxyl groups is 1. The maximum absolute atomic E-state index is 12.9. The molecule has 6 heteroatoms. The summed E-state index contributed by atoms with van der Waals surface area (Å²) in [6.45, 7) is 7.30. The largest absolute Gasteiger partial charge is 0.507 e. The Morgan fingerprint density at radius 3 is 2.34 bits per heavy atom. The zero-order valence-electron chi connectivity index (χ0n) is 18.8. The summed E-state index contributed by atoms with van der Waals surface area (Å²) in [4.78, 5) is 24.9. The minimum Gasteiger partial charge on any atom is -0.507 e. The number of para-hydroxylation sites is 1. The fraction of sp³-hybridized carbons (Fsp3) is 0.385. The number of carbonyl (C=O) groups is 1. The Labute approximate surface area is 187 Å². The maximum atomic E-state index is 12.9. The summed E-state index contributed by atoms with van der Waals surface area (Å²) in [6, 6.07) is 14.2. The molecule has 0 amide bonds. The Bertz CT molecular complexity index is 1230. The first-order valence-corrected chi connectivity index (χ1v) is 10.9. The molecule has 6 nitrogen and oxygen atoms in total. The minimum atomic E-state index is -0.660. The molecule has 2 aromatic carbocycles. The average molecular weight is 435 g/mol. The van der Waals surface area contributed by atoms with Crippen molar-refractivity contribution in [3.63, 3.8) is 0 Å². The predicted octanol–water partition coefficient (Wildman–Crippen LogP) is 5.04. The Morgan fingerprint density at radius 2 is 1.75 bits per heavy atom. The quantitative estimate of drug-likeness (QED) is 0.568. The lowest BCUT2D eigenvalue weighted by Gasteiger charge is -2.35. The van der Waals surface area contributed by atoms with Gasteiger partial charge in [-0.25, -0.2) is 4.79 Å². The second kappa shape index (κ2) is 7.87. The van der Waals surface area contributed by atoms with Crippen molar-refractivity contribution in [2.24, 2.45) is 0 Å². The van der Waals surface area contributed by atoms with Crippen LogP contribution >= 0.6 is 0 Å². The molecule has 1 saturated heterocycles. The van der Waals surface area contributed by atoms with Gasteiger partial charge in [0.05, 0.1) is 16.5 Å². The summed E-state index contributed by atoms with van der Waals surface area (Å²) in [7, 11) is 0. The van der Waals surface area contributed by atoms with Crippen molar-refractivity contribution in [1.29, 1.82) is 0 Å². The number of hydrogen-bond donors (Lipinski definition) is 1. The lowest BCUT2D eigenvalue weighted by Crippen LogP contribution is -2.44. The third-order valence-electron chi connectivity index (χ3n) is 6.82. The van der Waals surface area contributed by atoms with Crippen LogP contribution in [0.1, 0.15) is 69.6 Å². The molecule has 167 valence electrons. The normalized spacial score (nSPS) is 21.7. The van der Waals surface area contributed by atoms with Gasteiger partial charge in [-0.1, -0.05) is 36.4 Å². The molecule has 1 N–H and O–H groups in total. The van der Waals surface area contributed by atoms with Crippen molar-refractivity contribution in [2.75, 3.05) is 0 Å². The van der Waals surface area contributed by atoms with Crippen molar-refractivity contribution >= 4 is 16.8 Å². The molecule has 0 aliphatic carbocycles. The van der Waals surface area contributed by atoms with Crippen molar-refractivity contribution in [3.05, 3.63) is 75.6 Å². The molecule has 1 aliphatic heterocycles. The monoisotopic (exact) mass is 434 g/mol. The molecular weight excluding hydrogens is 406 g/mol. The fourth-order valence-corrected chi connectivity index (χ4v) is 4.89. The molecule has 4 rings (SSSR count). The molecule has 1 aromatic heterocycles. The van der Waals surface area contributed by atoms with Gasteiger partial charge in [0.25, 0.3) is 0 Å². The highest BCUT2D eigenvalue weighted by Gasteiger charge is 2.49. The van der Waals surface area contributed by atoms with E-state index in [2.05, 4.69) is 0 Å². The Balaban J connectivity index is 1.79. The van der Waals surface area contributed by atoms with Gasteiger partial charge in [-0.3, -0.25) is 4.79 Å². The van der Waals surface area contributed by atoms with Crippen LogP contribution in [0.15, 0.2) is 57.7 Å². The summed E-state index contributed by atoms with van der Waals surface area (Å²) in [5.41, 5.74) is 0.237. The van der Waals surface area contributed by atoms with Crippen LogP contribution in [0.2, 0.25) is 0 Å². The number of hydroxylamine groups is 2. The Morgan fingerprint density at radius 1 is 1.09 bits per heavy atom. The number of benzene rings is 2. The van der Waals surface area contributed by atoms with Gasteiger partial charge in [-0.05, 0) is 63.8 Å². The van der Waals surface area contributed by atoms with Crippen LogP contribution in [0, 0.1) is 0 Å². The highest BCUT2D eigenvalue weighted by Crippen LogP contribution is 2.46. The van der Waals surface area contributed by atoms with Crippen molar-refractivity contribution in [1.82, 2.24) is 5.06 Å². The molecular formula is C26H28NO5. The van der Waals surface area contributed by atoms with Crippen molar-refractivity contribution in [3.8, 4) is 5.75 Å². The highest BCUT2D eigenvalue weighted by atomic mass is 16.5. The van der Waals surface area contributed by atoms with E-state index in [1.54, 1.807) is 24.3 Å². The Kier molecular flexibility index (Phi) is 5.47. The van der Waals surface area contributed by atoms with E-state index in [-0.39, 0.29) is 23.5 Å². The first kappa shape index (κ1) is 22.2.